The second-order valence-electron chi connectivity index (χ2n) is 22.4. The lowest BCUT2D eigenvalue weighted by molar-refractivity contribution is -0.172. The molecule has 36 nitrogen and oxygen atoms in total. The van der Waals surface area contributed by atoms with E-state index in [4.69, 9.17) is 36.1 Å². The molecule has 0 radical (unpaired) electrons. The number of amides is 5. The number of carbonyl (C=O) groups excluding carboxylic acids is 8. The van der Waals surface area contributed by atoms with Crippen molar-refractivity contribution in [1.29, 1.82) is 5.41 Å². The van der Waals surface area contributed by atoms with E-state index in [2.05, 4.69) is 57.2 Å². The summed E-state index contributed by atoms with van der Waals surface area (Å²) in [4.78, 5) is 187. The molecule has 0 saturated carbocycles. The zero-order valence-electron chi connectivity index (χ0n) is 52.8. The lowest BCUT2D eigenvalue weighted by atomic mass is 9.86. The van der Waals surface area contributed by atoms with Crippen molar-refractivity contribution >= 4 is 127 Å². The van der Waals surface area contributed by atoms with Gasteiger partial charge in [-0.25, -0.2) is 29.3 Å². The summed E-state index contributed by atoms with van der Waals surface area (Å²) < 4.78 is 17.4. The molecule has 6 atom stereocenters. The average Bonchev–Trinajstić information content (AvgIpc) is 1.62. The monoisotopic (exact) mass is 1410 g/mol. The minimum absolute atomic E-state index is 0.0102. The number of aryl methyl sites for hydroxylation is 1. The number of aliphatic hydroxyl groups is 1. The summed E-state index contributed by atoms with van der Waals surface area (Å²) in [5.41, 5.74) is 12.2. The van der Waals surface area contributed by atoms with Gasteiger partial charge in [-0.1, -0.05) is 35.4 Å². The van der Waals surface area contributed by atoms with Crippen LogP contribution in [0.25, 0.3) is 33.5 Å². The number of aldehydes is 1. The number of cyclic esters (lactones) is 1. The number of aromatic amines is 1. The summed E-state index contributed by atoms with van der Waals surface area (Å²) in [7, 11) is 2.18. The van der Waals surface area contributed by atoms with Crippen LogP contribution < -0.4 is 64.5 Å². The first-order valence-electron chi connectivity index (χ1n) is 30.5. The summed E-state index contributed by atoms with van der Waals surface area (Å²) in [5, 5.41) is 65.7. The first-order chi connectivity index (χ1) is 47.2. The number of nitrogens with zero attached hydrogens (tertiary/aromatic N) is 5. The van der Waals surface area contributed by atoms with Gasteiger partial charge in [0.15, 0.2) is 22.7 Å². The number of anilines is 2. The van der Waals surface area contributed by atoms with Crippen molar-refractivity contribution in [2.75, 3.05) is 35.7 Å². The summed E-state index contributed by atoms with van der Waals surface area (Å²) in [6.45, 7) is 3.25. The van der Waals surface area contributed by atoms with Crippen molar-refractivity contribution in [3.05, 3.63) is 109 Å². The molecule has 0 aliphatic carbocycles. The fourth-order valence-electron chi connectivity index (χ4n) is 10.6. The van der Waals surface area contributed by atoms with E-state index in [0.717, 1.165) is 32.7 Å². The van der Waals surface area contributed by atoms with Gasteiger partial charge in [-0.2, -0.15) is 4.98 Å². The number of esters is 1. The van der Waals surface area contributed by atoms with E-state index in [0.29, 0.717) is 46.4 Å². The highest BCUT2D eigenvalue weighted by atomic mass is 33.1. The molecule has 0 bridgehead atoms. The molecule has 524 valence electrons. The van der Waals surface area contributed by atoms with Crippen LogP contribution in [0.1, 0.15) is 97.1 Å². The number of nitrogens with two attached hydrogens (primary N) is 2. The molecule has 6 aromatic rings. The maximum atomic E-state index is 13.9. The number of aromatic nitrogens is 6. The molecule has 5 amide bonds. The van der Waals surface area contributed by atoms with Crippen molar-refractivity contribution in [2.45, 2.75) is 121 Å². The first-order valence-corrected chi connectivity index (χ1v) is 33.0. The van der Waals surface area contributed by atoms with E-state index in [1.807, 2.05) is 6.92 Å². The normalized spacial score (nSPS) is 15.0. The Morgan fingerprint density at radius 3 is 2.22 bits per heavy atom. The smallest absolute Gasteiger partial charge is 0.481 e. The molecule has 17 N–H and O–H groups in total. The fraction of sp³-hybridized carbons (Fsp3) is 0.377. The van der Waals surface area contributed by atoms with E-state index in [1.54, 1.807) is 25.1 Å². The highest BCUT2D eigenvalue weighted by Gasteiger charge is 2.46. The lowest BCUT2D eigenvalue weighted by Gasteiger charge is -2.31. The number of benzene rings is 2. The average molecular weight is 1410 g/mol. The van der Waals surface area contributed by atoms with Gasteiger partial charge >= 0.3 is 30.0 Å². The Hall–Kier alpha value is -11.3. The van der Waals surface area contributed by atoms with Crippen LogP contribution in [0, 0.1) is 5.41 Å². The number of nitrogens with one attached hydrogen (secondary N) is 9. The predicted octanol–water partition coefficient (Wildman–Crippen LogP) is -0.226. The zero-order valence-corrected chi connectivity index (χ0v) is 54.4. The molecule has 2 aliphatic rings. The standard InChI is InChI=1S/C61H68N16O20S2/c1-3-33-34-18-32(11-12-38(34)71-47-35(33)24-77-43(47)19-37-36(55(77)89)26-96-57(92)61(37,94)4-2)97-60(93)95-16-17-98-99-27-31(25-78)69-52(86)42(21-46(82)83)74-51(85)39(6-5-15-65-58(62)63)72-53(87)41(20-45(80)81)70-44(79)14-13-40(56(90)91)73-50(84)28-7-9-29(10-8-28)66-22-30-23-67-49-48(68-30)54(88)76-59(64)75-49/h7-12,18-19,23,25,31,39-42,66,94H,3-6,13-17,20-22,24,26-27H2,1-2H3,(H,69,86)(H,70,79)(H,72,87)(H,73,84)(H,74,85)(H,80,81)(H,82,83)(H,90,91)(H4,62,63,65)(H3,64,67,75,76,88)/t31-,39+,40-,41+,42+,61+/m1/s1. The largest absolute Gasteiger partial charge is 0.513 e. The van der Waals surface area contributed by atoms with Gasteiger partial charge in [-0.15, -0.1) is 0 Å². The molecule has 0 fully saturated rings. The molecule has 2 aliphatic heterocycles. The van der Waals surface area contributed by atoms with Crippen molar-refractivity contribution in [3.63, 3.8) is 0 Å². The van der Waals surface area contributed by atoms with Crippen molar-refractivity contribution in [3.8, 4) is 17.1 Å². The van der Waals surface area contributed by atoms with Gasteiger partial charge in [0.25, 0.3) is 17.0 Å². The number of guanidine groups is 1. The number of carboxylic acid groups (broad SMARTS) is 3. The van der Waals surface area contributed by atoms with E-state index in [1.165, 1.54) is 41.1 Å². The van der Waals surface area contributed by atoms with Crippen LogP contribution in [-0.4, -0.2) is 177 Å². The number of carbonyl (C=O) groups is 11. The minimum Gasteiger partial charge on any atom is -0.481 e. The molecule has 8 rings (SSSR count). The molecular formula is C61H68N16O20S2. The number of aliphatic carboxylic acids is 3. The van der Waals surface area contributed by atoms with E-state index in [9.17, 15) is 82.8 Å². The minimum atomic E-state index is -2.00. The van der Waals surface area contributed by atoms with Crippen LogP contribution in [0.5, 0.6) is 5.75 Å². The Morgan fingerprint density at radius 2 is 1.55 bits per heavy atom. The van der Waals surface area contributed by atoms with Crippen LogP contribution in [0.2, 0.25) is 0 Å². The Morgan fingerprint density at radius 1 is 0.848 bits per heavy atom. The van der Waals surface area contributed by atoms with E-state index >= 15 is 0 Å². The Balaban J connectivity index is 0.802. The maximum Gasteiger partial charge on any atom is 0.513 e. The van der Waals surface area contributed by atoms with Crippen LogP contribution in [-0.2, 0) is 84.3 Å². The Kier molecular flexibility index (Phi) is 24.6. The van der Waals surface area contributed by atoms with E-state index in [-0.39, 0.29) is 103 Å². The topological polar surface area (TPSA) is 563 Å². The number of hydrogen-bond donors (Lipinski definition) is 15. The van der Waals surface area contributed by atoms with Crippen molar-refractivity contribution in [1.82, 2.24) is 61.4 Å². The third-order valence-corrected chi connectivity index (χ3v) is 18.0. The molecule has 0 saturated heterocycles. The van der Waals surface area contributed by atoms with Crippen LogP contribution in [0.15, 0.2) is 64.3 Å². The van der Waals surface area contributed by atoms with Gasteiger partial charge < -0.3 is 92.7 Å². The molecule has 6 heterocycles. The number of H-pyrrole nitrogens is 1. The molecule has 0 spiro atoms. The van der Waals surface area contributed by atoms with E-state index < -0.39 is 138 Å². The molecule has 99 heavy (non-hydrogen) atoms. The number of rotatable bonds is 34. The summed E-state index contributed by atoms with van der Waals surface area (Å²) in [6.07, 6.45) is -2.57. The summed E-state index contributed by atoms with van der Waals surface area (Å²) in [5.74, 6) is -11.5. The quantitative estimate of drug-likeness (QED) is 0.00471. The third-order valence-electron chi connectivity index (χ3n) is 15.6. The molecular weight excluding hydrogens is 1340 g/mol. The third kappa shape index (κ3) is 18.6. The fourth-order valence-corrected chi connectivity index (χ4v) is 12.6. The number of ether oxygens (including phenoxy) is 3. The van der Waals surface area contributed by atoms with Gasteiger partial charge in [-0.05, 0) is 86.2 Å². The van der Waals surface area contributed by atoms with Crippen molar-refractivity contribution in [2.24, 2.45) is 5.73 Å². The zero-order chi connectivity index (χ0) is 71.8. The highest BCUT2D eigenvalue weighted by molar-refractivity contribution is 8.76. The number of nitrogen functional groups attached to an aromatic ring is 1. The number of carboxylic acids is 3. The molecule has 4 aromatic heterocycles. The van der Waals surface area contributed by atoms with Crippen LogP contribution in [0.3, 0.4) is 0 Å². The first kappa shape index (κ1) is 73.5. The number of pyridine rings is 2. The Labute approximate surface area is 567 Å². The molecule has 2 aromatic carbocycles. The second-order valence-corrected chi connectivity index (χ2v) is 25.0. The SMILES string of the molecule is CCc1c2c(nc3ccc(OC(=O)OCCSSC[C@@H](C=O)NC(=O)[C@H](CC(=O)O)NC(=O)[C@H](CCCNC(=N)N)NC(=O)[C@H](CC(=O)O)NC(=O)CC[C@@H](NC(=O)c4ccc(NCc5cnc6nc(N)[nH]c(=O)c6n5)cc4)C(=O)O)cc13)-c1cc3c(c(=O)n1C2)COC(=O)[C@]3(O)CC. The lowest BCUT2D eigenvalue weighted by Crippen LogP contribution is -2.58. The van der Waals surface area contributed by atoms with Gasteiger partial charge in [0.05, 0.1) is 66.3 Å². The second kappa shape index (κ2) is 33.1. The van der Waals surface area contributed by atoms with Gasteiger partial charge in [0.2, 0.25) is 29.6 Å². The van der Waals surface area contributed by atoms with Crippen LogP contribution >= 0.6 is 21.6 Å². The maximum absolute atomic E-state index is 13.9. The summed E-state index contributed by atoms with van der Waals surface area (Å²) >= 11 is 0. The van der Waals surface area contributed by atoms with Crippen molar-refractivity contribution < 1.29 is 87.4 Å². The van der Waals surface area contributed by atoms with Gasteiger partial charge in [0.1, 0.15) is 49.4 Å². The number of fused-ring (bicyclic) bond motifs is 6. The Bertz CT molecular complexity index is 4310. The van der Waals surface area contributed by atoms with Gasteiger partial charge in [0, 0.05) is 52.2 Å². The number of hydrogen-bond acceptors (Lipinski definition) is 26. The predicted molar refractivity (Wildman–Crippen MR) is 352 cm³/mol. The van der Waals surface area contributed by atoms with Crippen LogP contribution in [0.4, 0.5) is 16.4 Å². The molecule has 38 heteroatoms. The van der Waals surface area contributed by atoms with Gasteiger partial charge in [-0.3, -0.25) is 53.5 Å². The highest BCUT2D eigenvalue weighted by Crippen LogP contribution is 2.41. The summed E-state index contributed by atoms with van der Waals surface area (Å²) in [6, 6.07) is 3.64. The molecule has 0 unspecified atom stereocenters.